The predicted octanol–water partition coefficient (Wildman–Crippen LogP) is 1.41. The number of morpholine rings is 1. The maximum Gasteiger partial charge on any atom is 0.258 e. The highest BCUT2D eigenvalue weighted by Crippen LogP contribution is 2.23. The van der Waals surface area contributed by atoms with Gasteiger partial charge in [-0.1, -0.05) is 5.16 Å². The van der Waals surface area contributed by atoms with E-state index >= 15 is 0 Å². The summed E-state index contributed by atoms with van der Waals surface area (Å²) in [6.07, 6.45) is -0.135. The fourth-order valence-corrected chi connectivity index (χ4v) is 1.95. The predicted molar refractivity (Wildman–Crippen MR) is 67.8 cm³/mol. The molecular weight excluding hydrogens is 246 g/mol. The van der Waals surface area contributed by atoms with Gasteiger partial charge in [0.15, 0.2) is 0 Å². The first-order chi connectivity index (χ1) is 9.36. The summed E-state index contributed by atoms with van der Waals surface area (Å²) in [5.41, 5.74) is 0.864. The zero-order chi connectivity index (χ0) is 13.1. The van der Waals surface area contributed by atoms with Crippen molar-refractivity contribution in [1.29, 1.82) is 0 Å². The van der Waals surface area contributed by atoms with Crippen molar-refractivity contribution in [2.24, 2.45) is 0 Å². The fourth-order valence-electron chi connectivity index (χ4n) is 1.95. The van der Waals surface area contributed by atoms with Gasteiger partial charge < -0.3 is 19.3 Å². The van der Waals surface area contributed by atoms with Crippen molar-refractivity contribution in [2.75, 3.05) is 26.8 Å². The Morgan fingerprint density at radius 3 is 2.84 bits per heavy atom. The van der Waals surface area contributed by atoms with Gasteiger partial charge in [-0.15, -0.1) is 0 Å². The van der Waals surface area contributed by atoms with E-state index in [0.29, 0.717) is 24.9 Å². The van der Waals surface area contributed by atoms with E-state index in [1.54, 1.807) is 7.11 Å². The molecule has 1 aliphatic heterocycles. The van der Waals surface area contributed by atoms with Crippen LogP contribution in [0.1, 0.15) is 11.9 Å². The number of nitrogens with zero attached hydrogens (tertiary/aromatic N) is 2. The fraction of sp³-hybridized carbons (Fsp3) is 0.385. The van der Waals surface area contributed by atoms with Gasteiger partial charge in [-0.3, -0.25) is 0 Å². The van der Waals surface area contributed by atoms with Crippen LogP contribution in [0.25, 0.3) is 11.5 Å². The molecule has 1 aromatic heterocycles. The molecule has 1 atom stereocenters. The summed E-state index contributed by atoms with van der Waals surface area (Å²) in [5.74, 6) is 1.87. The average molecular weight is 261 g/mol. The Morgan fingerprint density at radius 2 is 2.16 bits per heavy atom. The lowest BCUT2D eigenvalue weighted by Crippen LogP contribution is -2.33. The van der Waals surface area contributed by atoms with Crippen LogP contribution in [-0.2, 0) is 4.74 Å². The van der Waals surface area contributed by atoms with Crippen molar-refractivity contribution in [3.05, 3.63) is 30.1 Å². The molecule has 0 saturated carbocycles. The molecule has 100 valence electrons. The van der Waals surface area contributed by atoms with E-state index in [1.807, 2.05) is 24.3 Å². The summed E-state index contributed by atoms with van der Waals surface area (Å²) >= 11 is 0. The number of nitrogens with one attached hydrogen (secondary N) is 1. The van der Waals surface area contributed by atoms with Crippen LogP contribution in [-0.4, -0.2) is 36.9 Å². The van der Waals surface area contributed by atoms with Gasteiger partial charge in [0.05, 0.1) is 13.7 Å². The second kappa shape index (κ2) is 5.38. The molecule has 1 aromatic carbocycles. The largest absolute Gasteiger partial charge is 0.497 e. The second-order valence-electron chi connectivity index (χ2n) is 4.25. The van der Waals surface area contributed by atoms with Gasteiger partial charge in [-0.05, 0) is 24.3 Å². The molecule has 0 spiro atoms. The van der Waals surface area contributed by atoms with Crippen molar-refractivity contribution in [3.8, 4) is 17.2 Å². The highest BCUT2D eigenvalue weighted by molar-refractivity contribution is 5.54. The van der Waals surface area contributed by atoms with Crippen molar-refractivity contribution < 1.29 is 14.0 Å². The average Bonchev–Trinajstić information content (AvgIpc) is 2.98. The summed E-state index contributed by atoms with van der Waals surface area (Å²) in [6.45, 7) is 2.23. The summed E-state index contributed by atoms with van der Waals surface area (Å²) in [7, 11) is 1.63. The number of ether oxygens (including phenoxy) is 2. The third-order valence-electron chi connectivity index (χ3n) is 2.99. The number of rotatable bonds is 3. The third-order valence-corrected chi connectivity index (χ3v) is 2.99. The van der Waals surface area contributed by atoms with Gasteiger partial charge in [0, 0.05) is 18.7 Å². The second-order valence-corrected chi connectivity index (χ2v) is 4.25. The molecule has 0 bridgehead atoms. The minimum atomic E-state index is -0.135. The Labute approximate surface area is 110 Å². The summed E-state index contributed by atoms with van der Waals surface area (Å²) in [6, 6.07) is 7.49. The van der Waals surface area contributed by atoms with Gasteiger partial charge in [-0.2, -0.15) is 4.98 Å². The highest BCUT2D eigenvalue weighted by Gasteiger charge is 2.21. The number of hydrogen-bond acceptors (Lipinski definition) is 6. The van der Waals surface area contributed by atoms with Gasteiger partial charge in [0.2, 0.25) is 5.82 Å². The lowest BCUT2D eigenvalue weighted by atomic mass is 10.2. The van der Waals surface area contributed by atoms with E-state index in [0.717, 1.165) is 17.9 Å². The van der Waals surface area contributed by atoms with Crippen molar-refractivity contribution in [1.82, 2.24) is 15.5 Å². The molecule has 2 heterocycles. The van der Waals surface area contributed by atoms with Gasteiger partial charge in [0.25, 0.3) is 5.89 Å². The van der Waals surface area contributed by atoms with Crippen LogP contribution in [0.4, 0.5) is 0 Å². The molecule has 19 heavy (non-hydrogen) atoms. The minimum absolute atomic E-state index is 0.135. The topological polar surface area (TPSA) is 69.4 Å². The number of hydrogen-bond donors (Lipinski definition) is 1. The molecule has 1 saturated heterocycles. The van der Waals surface area contributed by atoms with Gasteiger partial charge in [-0.25, -0.2) is 0 Å². The Balaban J connectivity index is 1.79. The van der Waals surface area contributed by atoms with E-state index in [2.05, 4.69) is 15.5 Å². The number of aromatic nitrogens is 2. The molecule has 2 aromatic rings. The quantitative estimate of drug-likeness (QED) is 0.900. The Hall–Kier alpha value is -1.92. The van der Waals surface area contributed by atoms with E-state index in [-0.39, 0.29) is 6.10 Å². The van der Waals surface area contributed by atoms with Crippen molar-refractivity contribution >= 4 is 0 Å². The molecule has 1 fully saturated rings. The highest BCUT2D eigenvalue weighted by atomic mass is 16.5. The first-order valence-corrected chi connectivity index (χ1v) is 6.17. The molecule has 6 nitrogen and oxygen atoms in total. The van der Waals surface area contributed by atoms with Crippen LogP contribution < -0.4 is 10.1 Å². The van der Waals surface area contributed by atoms with E-state index in [9.17, 15) is 0 Å². The monoisotopic (exact) mass is 261 g/mol. The van der Waals surface area contributed by atoms with Crippen LogP contribution in [0.15, 0.2) is 28.8 Å². The maximum atomic E-state index is 5.58. The van der Waals surface area contributed by atoms with Crippen molar-refractivity contribution in [3.63, 3.8) is 0 Å². The standard InChI is InChI=1S/C13H15N3O3/c1-17-10-4-2-9(3-5-10)13-15-12(16-19-13)11-8-14-6-7-18-11/h2-5,11,14H,6-8H2,1H3/t11-/m0/s1. The summed E-state index contributed by atoms with van der Waals surface area (Å²) in [4.78, 5) is 4.38. The lowest BCUT2D eigenvalue weighted by Gasteiger charge is -2.20. The van der Waals surface area contributed by atoms with E-state index < -0.39 is 0 Å². The first-order valence-electron chi connectivity index (χ1n) is 6.17. The van der Waals surface area contributed by atoms with Crippen LogP contribution in [0, 0.1) is 0 Å². The van der Waals surface area contributed by atoms with Crippen LogP contribution in [0.5, 0.6) is 5.75 Å². The zero-order valence-electron chi connectivity index (χ0n) is 10.6. The van der Waals surface area contributed by atoms with Crippen molar-refractivity contribution in [2.45, 2.75) is 6.10 Å². The molecule has 0 radical (unpaired) electrons. The van der Waals surface area contributed by atoms with Gasteiger partial charge in [0.1, 0.15) is 11.9 Å². The van der Waals surface area contributed by atoms with E-state index in [4.69, 9.17) is 14.0 Å². The lowest BCUT2D eigenvalue weighted by molar-refractivity contribution is 0.0208. The first kappa shape index (κ1) is 12.1. The SMILES string of the molecule is COc1ccc(-c2nc([C@@H]3CNCCO3)no2)cc1. The summed E-state index contributed by atoms with van der Waals surface area (Å²) < 4.78 is 16.0. The minimum Gasteiger partial charge on any atom is -0.497 e. The normalized spacial score (nSPS) is 19.3. The Bertz CT molecular complexity index is 532. The zero-order valence-corrected chi connectivity index (χ0v) is 10.6. The maximum absolute atomic E-state index is 5.58. The number of benzene rings is 1. The van der Waals surface area contributed by atoms with Crippen LogP contribution in [0.3, 0.4) is 0 Å². The molecule has 0 aliphatic carbocycles. The van der Waals surface area contributed by atoms with Crippen LogP contribution >= 0.6 is 0 Å². The Morgan fingerprint density at radius 1 is 1.32 bits per heavy atom. The molecule has 1 aliphatic rings. The smallest absolute Gasteiger partial charge is 0.258 e. The molecule has 1 N–H and O–H groups in total. The molecule has 0 amide bonds. The molecule has 6 heteroatoms. The van der Waals surface area contributed by atoms with Crippen LogP contribution in [0.2, 0.25) is 0 Å². The third kappa shape index (κ3) is 2.59. The number of methoxy groups -OCH3 is 1. The molecule has 3 rings (SSSR count). The van der Waals surface area contributed by atoms with Gasteiger partial charge >= 0.3 is 0 Å². The summed E-state index contributed by atoms with van der Waals surface area (Å²) in [5, 5.41) is 7.21. The molecule has 0 unspecified atom stereocenters. The Kier molecular flexibility index (Phi) is 3.43. The molecular formula is C13H15N3O3. The van der Waals surface area contributed by atoms with E-state index in [1.165, 1.54) is 0 Å².